The number of benzene rings is 3. The average molecular weight is 1860 g/mol. The number of aliphatic carboxylic acids is 1. The van der Waals surface area contributed by atoms with Gasteiger partial charge in [-0.25, -0.2) is 0 Å². The maximum absolute atomic E-state index is 14.8. The smallest absolute Gasteiger partial charge is 0.303 e. The highest BCUT2D eigenvalue weighted by atomic mass is 16.4. The van der Waals surface area contributed by atoms with Gasteiger partial charge in [0.1, 0.15) is 72.5 Å². The number of hydrogen-bond donors (Lipinski definition) is 21. The van der Waals surface area contributed by atoms with Gasteiger partial charge in [-0.15, -0.1) is 0 Å². The summed E-state index contributed by atoms with van der Waals surface area (Å²) in [5.41, 5.74) is 29.8. The third kappa shape index (κ3) is 48.5. The van der Waals surface area contributed by atoms with Gasteiger partial charge in [-0.2, -0.15) is 0 Å². The molecule has 3 aromatic rings. The topological polar surface area (TPSA) is 655 Å². The number of carboxylic acids is 1. The molecule has 0 fully saturated rings. The zero-order chi connectivity index (χ0) is 98.9. The van der Waals surface area contributed by atoms with Crippen molar-refractivity contribution < 1.29 is 96.2 Å². The van der Waals surface area contributed by atoms with Crippen LogP contribution in [0.25, 0.3) is 0 Å². The Bertz CT molecular complexity index is 4220. The van der Waals surface area contributed by atoms with E-state index in [0.717, 1.165) is 25.7 Å². The molecule has 18 amide bonds. The van der Waals surface area contributed by atoms with Crippen LogP contribution in [-0.2, 0) is 110 Å². The molecule has 0 radical (unpaired) electrons. The van der Waals surface area contributed by atoms with Crippen molar-refractivity contribution >= 4 is 112 Å². The van der Waals surface area contributed by atoms with Crippen LogP contribution in [0.4, 0.5) is 0 Å². The number of carbonyl (C=O) groups excluding carboxylic acids is 18. The highest BCUT2D eigenvalue weighted by Gasteiger charge is 2.38. The van der Waals surface area contributed by atoms with Crippen LogP contribution in [-0.4, -0.2) is 223 Å². The first kappa shape index (κ1) is 115. The highest BCUT2D eigenvalue weighted by Crippen LogP contribution is 2.18. The standard InChI is InChI=1S/C93H146N20O20/c1-9-11-12-13-14-15-16-17-18-19-29-42-76(116)99-54-77(117)105-72(52-74(96)114)92(132)113-81(59(7)10-2)93(133)112-70(50-62-36-25-21-26-37-62)87(127)102-60(8)83(123)108-73(53-75(97)115)91(131)109-68(48-58(5)6)89(129)111-71(51-63-38-27-22-28-39-63)90(130)107-65(40-30-32-45-94)84(124)100-56-79(119)104-67(47-57(3)4)88(128)110-69(49-61-34-23-20-24-35-61)85(125)101-55-78(118)103-66(41-31-33-46-95)86(126)106-64(82(98)122)43-44-80(120)121/h20-28,34-39,57-60,64-73,81H,9-19,29-33,40-56,94-95H2,1-8H3,(H2,96,114)(H2,97,115)(H2,98,122)(H,99,116)(H,100,124)(H,101,125)(H,102,127)(H,103,118)(H,104,119)(H,105,117)(H,106,126)(H,107,130)(H,108,123)(H,109,131)(H,110,128)(H,111,129)(H,112,133)(H,113,132)(H,120,121). The largest absolute Gasteiger partial charge is 0.481 e. The number of primary amides is 3. The Labute approximate surface area is 779 Å². The molecule has 3 aromatic carbocycles. The zero-order valence-corrected chi connectivity index (χ0v) is 78.2. The Hall–Kier alpha value is -12.5. The van der Waals surface area contributed by atoms with Gasteiger partial charge in [0.25, 0.3) is 0 Å². The predicted octanol–water partition coefficient (Wildman–Crippen LogP) is 0.0989. The van der Waals surface area contributed by atoms with Crippen molar-refractivity contribution in [3.63, 3.8) is 0 Å². The van der Waals surface area contributed by atoms with E-state index in [1.807, 2.05) is 0 Å². The van der Waals surface area contributed by atoms with Crippen LogP contribution >= 0.6 is 0 Å². The molecule has 0 aliphatic rings. The van der Waals surface area contributed by atoms with Gasteiger partial charge in [0.15, 0.2) is 0 Å². The lowest BCUT2D eigenvalue weighted by molar-refractivity contribution is -0.138. The van der Waals surface area contributed by atoms with Crippen molar-refractivity contribution in [2.75, 3.05) is 32.7 Å². The molecule has 0 aliphatic carbocycles. The van der Waals surface area contributed by atoms with Gasteiger partial charge in [0, 0.05) is 32.1 Å². The summed E-state index contributed by atoms with van der Waals surface area (Å²) >= 11 is 0. The van der Waals surface area contributed by atoms with Gasteiger partial charge in [0.05, 0.1) is 32.5 Å². The Kier molecular flexibility index (Phi) is 55.5. The summed E-state index contributed by atoms with van der Waals surface area (Å²) in [5.74, 6) is -18.7. The maximum Gasteiger partial charge on any atom is 0.303 e. The SMILES string of the molecule is CCCCCCCCCCCCCC(=O)NCC(=O)NC(CC(N)=O)C(=O)NC(C(=O)NC(Cc1ccccc1)C(=O)NC(C)C(=O)NC(CC(N)=O)C(=O)NC(CC(C)C)C(=O)NC(Cc1ccccc1)C(=O)NC(CCCCN)C(=O)NCC(=O)NC(CC(C)C)C(=O)NC(Cc1ccccc1)C(=O)NCC(=O)NC(CCCCN)C(=O)NC(CCC(=O)O)C(N)=O)C(C)CC. The molecule has 3 rings (SSSR count). The van der Waals surface area contributed by atoms with Crippen molar-refractivity contribution in [2.24, 2.45) is 46.4 Å². The number of unbranched alkanes of at least 4 members (excludes halogenated alkanes) is 12. The molecular formula is C93H146N20O20. The quantitative estimate of drug-likeness (QED) is 0.0333. The molecule has 0 saturated carbocycles. The van der Waals surface area contributed by atoms with Gasteiger partial charge in [-0.05, 0) is 119 Å². The van der Waals surface area contributed by atoms with Crippen molar-refractivity contribution in [1.29, 1.82) is 0 Å². The molecule has 0 aromatic heterocycles. The lowest BCUT2D eigenvalue weighted by Crippen LogP contribution is -2.61. The van der Waals surface area contributed by atoms with Crippen molar-refractivity contribution in [3.8, 4) is 0 Å². The molecule has 40 heteroatoms. The molecule has 0 heterocycles. The number of nitrogens with one attached hydrogen (secondary N) is 15. The van der Waals surface area contributed by atoms with E-state index in [1.165, 1.54) is 45.4 Å². The van der Waals surface area contributed by atoms with Crippen molar-refractivity contribution in [1.82, 2.24) is 79.8 Å². The predicted molar refractivity (Wildman–Crippen MR) is 497 cm³/mol. The number of carbonyl (C=O) groups is 19. The van der Waals surface area contributed by atoms with Crippen LogP contribution in [0.3, 0.4) is 0 Å². The lowest BCUT2D eigenvalue weighted by Gasteiger charge is -2.29. The average Bonchev–Trinajstić information content (AvgIpc) is 0.861. The number of hydrogen-bond acceptors (Lipinski definition) is 21. The van der Waals surface area contributed by atoms with E-state index >= 15 is 0 Å². The summed E-state index contributed by atoms with van der Waals surface area (Å²) in [7, 11) is 0. The van der Waals surface area contributed by atoms with Crippen LogP contribution < -0.4 is 108 Å². The lowest BCUT2D eigenvalue weighted by atomic mass is 9.96. The third-order valence-corrected chi connectivity index (χ3v) is 21.9. The number of amides is 18. The summed E-state index contributed by atoms with van der Waals surface area (Å²) in [6.07, 6.45) is 10.9. The molecule has 40 nitrogen and oxygen atoms in total. The Morgan fingerprint density at radius 3 is 1.07 bits per heavy atom. The van der Waals surface area contributed by atoms with E-state index in [0.29, 0.717) is 42.4 Å². The molecule has 13 unspecified atom stereocenters. The monoisotopic (exact) mass is 1860 g/mol. The summed E-state index contributed by atoms with van der Waals surface area (Å²) in [6.45, 7) is 12.2. The van der Waals surface area contributed by atoms with Crippen LogP contribution in [0.2, 0.25) is 0 Å². The summed E-state index contributed by atoms with van der Waals surface area (Å²) in [4.78, 5) is 259. The third-order valence-electron chi connectivity index (χ3n) is 21.9. The first-order valence-electron chi connectivity index (χ1n) is 46.3. The van der Waals surface area contributed by atoms with Crippen LogP contribution in [0.15, 0.2) is 91.0 Å². The van der Waals surface area contributed by atoms with E-state index in [1.54, 1.807) is 133 Å². The number of nitrogens with two attached hydrogens (primary N) is 5. The molecule has 0 saturated heterocycles. The van der Waals surface area contributed by atoms with E-state index in [-0.39, 0.29) is 101 Å². The molecule has 0 aliphatic heterocycles. The van der Waals surface area contributed by atoms with Gasteiger partial charge in [0.2, 0.25) is 106 Å². The molecule has 738 valence electrons. The zero-order valence-electron chi connectivity index (χ0n) is 78.2. The maximum atomic E-state index is 14.8. The molecular weight excluding hydrogens is 1720 g/mol. The first-order valence-corrected chi connectivity index (χ1v) is 46.3. The first-order chi connectivity index (χ1) is 63.3. The van der Waals surface area contributed by atoms with E-state index < -0.39 is 224 Å². The second kappa shape index (κ2) is 64.3. The number of carboxylic acid groups (broad SMARTS) is 1. The fraction of sp³-hybridized carbons (Fsp3) is 0.602. The van der Waals surface area contributed by atoms with E-state index in [2.05, 4.69) is 86.7 Å². The summed E-state index contributed by atoms with van der Waals surface area (Å²) < 4.78 is 0. The summed E-state index contributed by atoms with van der Waals surface area (Å²) in [6, 6.07) is 7.65. The fourth-order valence-corrected chi connectivity index (χ4v) is 14.3. The Balaban J connectivity index is 1.84. The molecule has 133 heavy (non-hydrogen) atoms. The van der Waals surface area contributed by atoms with Crippen molar-refractivity contribution in [3.05, 3.63) is 108 Å². The van der Waals surface area contributed by atoms with Crippen molar-refractivity contribution in [2.45, 2.75) is 308 Å². The second-order valence-electron chi connectivity index (χ2n) is 34.5. The normalized spacial score (nSPS) is 14.0. The van der Waals surface area contributed by atoms with Gasteiger partial charge in [-0.1, -0.05) is 210 Å². The minimum Gasteiger partial charge on any atom is -0.481 e. The minimum absolute atomic E-state index is 0.00574. The van der Waals surface area contributed by atoms with Gasteiger partial charge < -0.3 is 114 Å². The van der Waals surface area contributed by atoms with Gasteiger partial charge in [-0.3, -0.25) is 91.1 Å². The number of rotatable bonds is 69. The van der Waals surface area contributed by atoms with Crippen LogP contribution in [0, 0.1) is 17.8 Å². The summed E-state index contributed by atoms with van der Waals surface area (Å²) in [5, 5.41) is 47.5. The highest BCUT2D eigenvalue weighted by molar-refractivity contribution is 6.01. The molecule has 0 bridgehead atoms. The van der Waals surface area contributed by atoms with E-state index in [4.69, 9.17) is 33.8 Å². The van der Waals surface area contributed by atoms with Crippen LogP contribution in [0.5, 0.6) is 0 Å². The molecule has 26 N–H and O–H groups in total. The second-order valence-corrected chi connectivity index (χ2v) is 34.5. The Morgan fingerprint density at radius 2 is 0.639 bits per heavy atom. The minimum atomic E-state index is -1.81. The van der Waals surface area contributed by atoms with E-state index in [9.17, 15) is 91.1 Å². The molecule has 0 spiro atoms. The Morgan fingerprint density at radius 1 is 0.308 bits per heavy atom. The fourth-order valence-electron chi connectivity index (χ4n) is 14.3. The molecule has 13 atom stereocenters. The van der Waals surface area contributed by atoms with Gasteiger partial charge >= 0.3 is 5.97 Å². The van der Waals surface area contributed by atoms with Crippen LogP contribution in [0.1, 0.15) is 233 Å².